The highest BCUT2D eigenvalue weighted by molar-refractivity contribution is 6.03. The predicted octanol–water partition coefficient (Wildman–Crippen LogP) is 16.5. The fraction of sp³-hybridized carbons (Fsp3) is 0.0820. The van der Waals surface area contributed by atoms with E-state index in [0.29, 0.717) is 0 Å². The van der Waals surface area contributed by atoms with E-state index in [1.165, 1.54) is 44.6 Å². The number of aromatic nitrogens is 2. The molecule has 0 spiro atoms. The van der Waals surface area contributed by atoms with Gasteiger partial charge in [-0.25, -0.2) is 4.98 Å². The third-order valence-electron chi connectivity index (χ3n) is 13.4. The van der Waals surface area contributed by atoms with E-state index in [4.69, 9.17) is 9.97 Å². The van der Waals surface area contributed by atoms with Crippen molar-refractivity contribution in [3.63, 3.8) is 0 Å². The predicted molar refractivity (Wildman–Crippen MR) is 270 cm³/mol. The molecule has 0 saturated heterocycles. The van der Waals surface area contributed by atoms with Crippen molar-refractivity contribution in [3.8, 4) is 44.6 Å². The van der Waals surface area contributed by atoms with E-state index < -0.39 is 0 Å². The zero-order chi connectivity index (χ0) is 43.0. The van der Waals surface area contributed by atoms with Gasteiger partial charge in [0.1, 0.15) is 0 Å². The maximum absolute atomic E-state index is 5.26. The lowest BCUT2D eigenvalue weighted by Crippen LogP contribution is -2.23. The van der Waals surface area contributed by atoms with Crippen LogP contribution in [0.4, 0.5) is 17.1 Å². The third-order valence-corrected chi connectivity index (χ3v) is 13.4. The van der Waals surface area contributed by atoms with Gasteiger partial charge in [0.15, 0.2) is 0 Å². The van der Waals surface area contributed by atoms with Gasteiger partial charge in [-0.15, -0.1) is 0 Å². The van der Waals surface area contributed by atoms with Crippen LogP contribution in [0.2, 0.25) is 0 Å². The minimum atomic E-state index is -0.0826. The molecule has 0 unspecified atom stereocenters. The van der Waals surface area contributed by atoms with E-state index in [1.54, 1.807) is 0 Å². The number of rotatable bonds is 10. The summed E-state index contributed by atoms with van der Waals surface area (Å²) in [6.45, 7) is 4.70. The third kappa shape index (κ3) is 6.87. The number of pyridine rings is 2. The number of anilines is 3. The van der Waals surface area contributed by atoms with E-state index in [1.807, 2.05) is 12.3 Å². The molecule has 0 atom stereocenters. The van der Waals surface area contributed by atoms with Gasteiger partial charge in [0.05, 0.1) is 16.7 Å². The molecule has 2 heterocycles. The summed E-state index contributed by atoms with van der Waals surface area (Å²) in [5, 5.41) is 2.17. The topological polar surface area (TPSA) is 29.0 Å². The van der Waals surface area contributed by atoms with Crippen LogP contribution in [0, 0.1) is 0 Å². The highest BCUT2D eigenvalue weighted by Crippen LogP contribution is 2.54. The van der Waals surface area contributed by atoms with Gasteiger partial charge in [0.2, 0.25) is 0 Å². The van der Waals surface area contributed by atoms with Crippen molar-refractivity contribution in [2.75, 3.05) is 4.90 Å². The van der Waals surface area contributed by atoms with Crippen LogP contribution in [0.1, 0.15) is 48.9 Å². The van der Waals surface area contributed by atoms with E-state index in [-0.39, 0.29) is 5.41 Å². The summed E-state index contributed by atoms with van der Waals surface area (Å²) in [5.41, 5.74) is 19.8. The van der Waals surface area contributed by atoms with Gasteiger partial charge in [-0.3, -0.25) is 4.98 Å². The molecule has 1 aliphatic carbocycles. The van der Waals surface area contributed by atoms with Gasteiger partial charge in [-0.2, -0.15) is 0 Å². The Hall–Kier alpha value is -7.88. The number of benzene rings is 8. The van der Waals surface area contributed by atoms with Crippen molar-refractivity contribution in [1.82, 2.24) is 9.97 Å². The second-order valence-corrected chi connectivity index (χ2v) is 16.8. The zero-order valence-electron chi connectivity index (χ0n) is 36.1. The molecule has 0 radical (unpaired) electrons. The standard InChI is InChI=1S/C61H47N3/c1-3-61(4-2)56-39-43(26-34-52(56)53-36-33-51(41-57(53)61)64(49-18-10-6-11-19-49)50-20-12-7-13-21-50)23-22-42-24-27-45(28-25-42)55-40-48(44-15-8-5-9-16-44)31-35-54(55)58-37-32-47-30-29-46-17-14-38-62-59(46)60(47)63-58/h5-41H,3-4H2,1-2H3/b23-22+. The molecule has 8 aromatic carbocycles. The van der Waals surface area contributed by atoms with E-state index >= 15 is 0 Å². The van der Waals surface area contributed by atoms with Gasteiger partial charge in [-0.1, -0.05) is 178 Å². The summed E-state index contributed by atoms with van der Waals surface area (Å²) < 4.78 is 0. The summed E-state index contributed by atoms with van der Waals surface area (Å²) in [6.07, 6.45) is 8.40. The molecule has 0 saturated carbocycles. The monoisotopic (exact) mass is 821 g/mol. The molecule has 0 bridgehead atoms. The van der Waals surface area contributed by atoms with Gasteiger partial charge in [-0.05, 0) is 123 Å². The second kappa shape index (κ2) is 16.4. The van der Waals surface area contributed by atoms with Crippen LogP contribution in [0.25, 0.3) is 78.6 Å². The minimum Gasteiger partial charge on any atom is -0.310 e. The molecule has 2 aromatic heterocycles. The van der Waals surface area contributed by atoms with Crippen LogP contribution in [-0.4, -0.2) is 9.97 Å². The SMILES string of the molecule is CCC1(CC)c2cc(/C=C/c3ccc(-c4cc(-c5ccccc5)ccc4-c4ccc5ccc6cccnc6c5n4)cc3)ccc2-c2ccc(N(c3ccccc3)c3ccccc3)cc21. The first-order valence-corrected chi connectivity index (χ1v) is 22.4. The average molecular weight is 822 g/mol. The summed E-state index contributed by atoms with van der Waals surface area (Å²) in [6, 6.07) is 74.5. The van der Waals surface area contributed by atoms with Gasteiger partial charge in [0.25, 0.3) is 0 Å². The highest BCUT2D eigenvalue weighted by atomic mass is 15.1. The van der Waals surface area contributed by atoms with Crippen molar-refractivity contribution in [2.45, 2.75) is 32.1 Å². The zero-order valence-corrected chi connectivity index (χ0v) is 36.1. The molecule has 0 aliphatic heterocycles. The normalized spacial score (nSPS) is 12.7. The minimum absolute atomic E-state index is 0.0826. The fourth-order valence-corrected chi connectivity index (χ4v) is 10.0. The Kier molecular flexibility index (Phi) is 10.0. The number of nitrogens with zero attached hydrogens (tertiary/aromatic N) is 3. The largest absolute Gasteiger partial charge is 0.310 e. The fourth-order valence-electron chi connectivity index (χ4n) is 10.0. The van der Waals surface area contributed by atoms with Crippen molar-refractivity contribution in [3.05, 3.63) is 235 Å². The summed E-state index contributed by atoms with van der Waals surface area (Å²) in [7, 11) is 0. The van der Waals surface area contributed by atoms with Crippen molar-refractivity contribution in [1.29, 1.82) is 0 Å². The molecule has 10 aromatic rings. The average Bonchev–Trinajstić information content (AvgIpc) is 3.65. The van der Waals surface area contributed by atoms with E-state index in [0.717, 1.165) is 74.0 Å². The van der Waals surface area contributed by atoms with Crippen LogP contribution in [0.5, 0.6) is 0 Å². The number of fused-ring (bicyclic) bond motifs is 6. The Balaban J connectivity index is 0.923. The van der Waals surface area contributed by atoms with E-state index in [2.05, 4.69) is 231 Å². The quantitative estimate of drug-likeness (QED) is 0.102. The lowest BCUT2D eigenvalue weighted by Gasteiger charge is -2.32. The molecule has 0 N–H and O–H groups in total. The van der Waals surface area contributed by atoms with E-state index in [9.17, 15) is 0 Å². The summed E-state index contributed by atoms with van der Waals surface area (Å²) in [5.74, 6) is 0. The summed E-state index contributed by atoms with van der Waals surface area (Å²) >= 11 is 0. The molecule has 64 heavy (non-hydrogen) atoms. The maximum atomic E-state index is 5.26. The molecule has 306 valence electrons. The second-order valence-electron chi connectivity index (χ2n) is 16.8. The van der Waals surface area contributed by atoms with Crippen LogP contribution in [-0.2, 0) is 5.41 Å². The van der Waals surface area contributed by atoms with Gasteiger partial charge in [0, 0.05) is 45.0 Å². The lowest BCUT2D eigenvalue weighted by atomic mass is 9.73. The van der Waals surface area contributed by atoms with Gasteiger partial charge >= 0.3 is 0 Å². The Labute approximate surface area is 375 Å². The smallest absolute Gasteiger partial charge is 0.0972 e. The van der Waals surface area contributed by atoms with Crippen molar-refractivity contribution in [2.24, 2.45) is 0 Å². The molecule has 1 aliphatic rings. The highest BCUT2D eigenvalue weighted by Gasteiger charge is 2.41. The Bertz CT molecular complexity index is 3290. The molecular weight excluding hydrogens is 775 g/mol. The number of para-hydroxylation sites is 2. The number of hydrogen-bond acceptors (Lipinski definition) is 3. The van der Waals surface area contributed by atoms with Crippen LogP contribution in [0.3, 0.4) is 0 Å². The first-order chi connectivity index (χ1) is 31.6. The molecule has 3 heteroatoms. The van der Waals surface area contributed by atoms with Crippen LogP contribution >= 0.6 is 0 Å². The summed E-state index contributed by atoms with van der Waals surface area (Å²) in [4.78, 5) is 12.4. The maximum Gasteiger partial charge on any atom is 0.0972 e. The molecule has 0 amide bonds. The molecule has 11 rings (SSSR count). The van der Waals surface area contributed by atoms with Crippen molar-refractivity contribution < 1.29 is 0 Å². The molecule has 3 nitrogen and oxygen atoms in total. The van der Waals surface area contributed by atoms with Gasteiger partial charge < -0.3 is 4.90 Å². The van der Waals surface area contributed by atoms with Crippen molar-refractivity contribution >= 4 is 51.0 Å². The Morgan fingerprint density at radius 3 is 1.70 bits per heavy atom. The number of hydrogen-bond donors (Lipinski definition) is 0. The van der Waals surface area contributed by atoms with Crippen LogP contribution in [0.15, 0.2) is 212 Å². The first kappa shape index (κ1) is 39.0. The first-order valence-electron chi connectivity index (χ1n) is 22.4. The molecular formula is C61H47N3. The molecule has 0 fully saturated rings. The lowest BCUT2D eigenvalue weighted by molar-refractivity contribution is 0.490. The van der Waals surface area contributed by atoms with Crippen LogP contribution < -0.4 is 4.90 Å². The Morgan fingerprint density at radius 2 is 1.00 bits per heavy atom. The Morgan fingerprint density at radius 1 is 0.422 bits per heavy atom.